The lowest BCUT2D eigenvalue weighted by atomic mass is 10.0. The zero-order valence-corrected chi connectivity index (χ0v) is 21.1. The second kappa shape index (κ2) is 15.0. The van der Waals surface area contributed by atoms with Gasteiger partial charge in [-0.05, 0) is 16.7 Å². The summed E-state index contributed by atoms with van der Waals surface area (Å²) < 4.78 is 0. The minimum Gasteiger partial charge on any atom is -0.350 e. The fourth-order valence-electron chi connectivity index (χ4n) is 4.00. The highest BCUT2D eigenvalue weighted by Crippen LogP contribution is 2.10. The summed E-state index contributed by atoms with van der Waals surface area (Å²) in [7, 11) is 0. The molecule has 1 unspecified atom stereocenters. The maximum atomic E-state index is 13.7. The Morgan fingerprint density at radius 3 is 1.86 bits per heavy atom. The summed E-state index contributed by atoms with van der Waals surface area (Å²) in [6.45, 7) is 9.06. The second-order valence-corrected chi connectivity index (χ2v) is 8.70. The first kappa shape index (κ1) is 27.4. The van der Waals surface area contributed by atoms with Crippen molar-refractivity contribution in [3.63, 3.8) is 0 Å². The fourth-order valence-corrected chi connectivity index (χ4v) is 4.00. The van der Waals surface area contributed by atoms with E-state index in [0.29, 0.717) is 26.1 Å². The number of carbonyl (C=O) groups excluding carboxylic acids is 2. The highest BCUT2D eigenvalue weighted by Gasteiger charge is 2.27. The third-order valence-electron chi connectivity index (χ3n) is 5.88. The van der Waals surface area contributed by atoms with E-state index < -0.39 is 12.1 Å². The van der Waals surface area contributed by atoms with Gasteiger partial charge in [0.15, 0.2) is 0 Å². The molecule has 0 spiro atoms. The van der Waals surface area contributed by atoms with E-state index in [-0.39, 0.29) is 11.8 Å². The van der Waals surface area contributed by atoms with Crippen LogP contribution in [0.4, 0.5) is 0 Å². The maximum Gasteiger partial charge on any atom is 0.243 e. The number of amides is 2. The van der Waals surface area contributed by atoms with Crippen molar-refractivity contribution in [2.45, 2.75) is 25.0 Å². The summed E-state index contributed by atoms with van der Waals surface area (Å²) in [5.41, 5.74) is 2.94. The van der Waals surface area contributed by atoms with E-state index in [9.17, 15) is 9.59 Å². The van der Waals surface area contributed by atoms with Gasteiger partial charge in [0.25, 0.3) is 0 Å². The Balaban J connectivity index is 1.82. The Morgan fingerprint density at radius 2 is 1.30 bits per heavy atom. The van der Waals surface area contributed by atoms with E-state index in [1.807, 2.05) is 108 Å². The number of nitrogens with one attached hydrogen (secondary N) is 2. The molecule has 37 heavy (non-hydrogen) atoms. The van der Waals surface area contributed by atoms with Crippen LogP contribution in [0.5, 0.6) is 0 Å². The summed E-state index contributed by atoms with van der Waals surface area (Å²) in [6.07, 6.45) is 7.68. The third-order valence-corrected chi connectivity index (χ3v) is 5.88. The molecule has 0 aromatic heterocycles. The number of benzene rings is 3. The Hall–Kier alpha value is -4.22. The van der Waals surface area contributed by atoms with Crippen molar-refractivity contribution in [1.82, 2.24) is 15.5 Å². The lowest BCUT2D eigenvalue weighted by molar-refractivity contribution is -0.130. The molecule has 0 saturated carbocycles. The molecule has 0 saturated heterocycles. The Labute approximate surface area is 220 Å². The van der Waals surface area contributed by atoms with Gasteiger partial charge in [0, 0.05) is 26.1 Å². The average molecular weight is 494 g/mol. The molecule has 3 aromatic carbocycles. The minimum atomic E-state index is -0.736. The van der Waals surface area contributed by atoms with Crippen molar-refractivity contribution >= 4 is 17.9 Å². The molecule has 0 radical (unpaired) electrons. The predicted octanol–water partition coefficient (Wildman–Crippen LogP) is 4.79. The largest absolute Gasteiger partial charge is 0.350 e. The second-order valence-electron chi connectivity index (χ2n) is 8.70. The van der Waals surface area contributed by atoms with Crippen LogP contribution >= 0.6 is 0 Å². The molecule has 5 nitrogen and oxygen atoms in total. The first-order valence-electron chi connectivity index (χ1n) is 12.5. The molecular formula is C32H35N3O2. The van der Waals surface area contributed by atoms with Gasteiger partial charge >= 0.3 is 0 Å². The van der Waals surface area contributed by atoms with Crippen LogP contribution in [0.3, 0.4) is 0 Å². The molecule has 2 atom stereocenters. The first-order chi connectivity index (χ1) is 18.1. The Bertz CT molecular complexity index is 1150. The summed E-state index contributed by atoms with van der Waals surface area (Å²) in [5, 5.41) is 6.01. The molecule has 2 amide bonds. The SMILES string of the molecule is C=CCN(CC=C)C(C=Cc1ccccc1)C(=O)N[C@@H](Cc1ccccc1)C(=O)NCc1ccccc1. The summed E-state index contributed by atoms with van der Waals surface area (Å²) in [5.74, 6) is -0.488. The molecule has 0 aliphatic rings. The molecule has 3 aromatic rings. The number of carbonyl (C=O) groups is 2. The van der Waals surface area contributed by atoms with Crippen LogP contribution in [0.1, 0.15) is 16.7 Å². The Morgan fingerprint density at radius 1 is 0.757 bits per heavy atom. The smallest absolute Gasteiger partial charge is 0.243 e. The van der Waals surface area contributed by atoms with Gasteiger partial charge in [-0.2, -0.15) is 0 Å². The van der Waals surface area contributed by atoms with Gasteiger partial charge < -0.3 is 10.6 Å². The van der Waals surface area contributed by atoms with Gasteiger partial charge in [-0.25, -0.2) is 0 Å². The number of nitrogens with zero attached hydrogens (tertiary/aromatic N) is 1. The van der Waals surface area contributed by atoms with Crippen molar-refractivity contribution in [3.8, 4) is 0 Å². The average Bonchev–Trinajstić information content (AvgIpc) is 2.93. The monoisotopic (exact) mass is 493 g/mol. The van der Waals surface area contributed by atoms with Crippen LogP contribution in [0.15, 0.2) is 122 Å². The standard InChI is InChI=1S/C32H35N3O2/c1-3-22-35(23-4-2)30(21-20-26-14-8-5-9-15-26)32(37)34-29(24-27-16-10-6-11-17-27)31(36)33-25-28-18-12-7-13-19-28/h3-21,29-30H,1-2,22-25H2,(H,33,36)(H,34,37)/t29-,30?/m0/s1. The molecular weight excluding hydrogens is 458 g/mol. The molecule has 0 aliphatic carbocycles. The predicted molar refractivity (Wildman–Crippen MR) is 152 cm³/mol. The summed E-state index contributed by atoms with van der Waals surface area (Å²) in [4.78, 5) is 28.9. The molecule has 0 bridgehead atoms. The number of rotatable bonds is 14. The van der Waals surface area contributed by atoms with Crippen molar-refractivity contribution in [3.05, 3.63) is 139 Å². The quantitative estimate of drug-likeness (QED) is 0.318. The minimum absolute atomic E-state index is 0.231. The van der Waals surface area contributed by atoms with Gasteiger partial charge in [-0.15, -0.1) is 13.2 Å². The van der Waals surface area contributed by atoms with Gasteiger partial charge in [-0.1, -0.05) is 115 Å². The highest BCUT2D eigenvalue weighted by molar-refractivity contribution is 5.91. The van der Waals surface area contributed by atoms with Crippen molar-refractivity contribution in [2.75, 3.05) is 13.1 Å². The Kier molecular flexibility index (Phi) is 11.1. The van der Waals surface area contributed by atoms with Gasteiger partial charge in [-0.3, -0.25) is 14.5 Å². The van der Waals surface area contributed by atoms with E-state index in [2.05, 4.69) is 23.8 Å². The molecule has 0 heterocycles. The topological polar surface area (TPSA) is 61.4 Å². The van der Waals surface area contributed by atoms with Crippen LogP contribution in [0.2, 0.25) is 0 Å². The maximum absolute atomic E-state index is 13.7. The molecule has 3 rings (SSSR count). The van der Waals surface area contributed by atoms with Crippen LogP contribution in [-0.4, -0.2) is 41.9 Å². The van der Waals surface area contributed by atoms with Crippen LogP contribution in [0, 0.1) is 0 Å². The van der Waals surface area contributed by atoms with E-state index in [0.717, 1.165) is 16.7 Å². The van der Waals surface area contributed by atoms with E-state index >= 15 is 0 Å². The van der Waals surface area contributed by atoms with Gasteiger partial charge in [0.05, 0.1) is 0 Å². The molecule has 2 N–H and O–H groups in total. The molecule has 0 fully saturated rings. The van der Waals surface area contributed by atoms with Crippen LogP contribution in [-0.2, 0) is 22.6 Å². The summed E-state index contributed by atoms with van der Waals surface area (Å²) >= 11 is 0. The van der Waals surface area contributed by atoms with E-state index in [1.54, 1.807) is 12.2 Å². The zero-order valence-electron chi connectivity index (χ0n) is 21.1. The van der Waals surface area contributed by atoms with Gasteiger partial charge in [0.2, 0.25) is 11.8 Å². The van der Waals surface area contributed by atoms with Crippen molar-refractivity contribution in [2.24, 2.45) is 0 Å². The zero-order chi connectivity index (χ0) is 26.3. The van der Waals surface area contributed by atoms with Crippen molar-refractivity contribution in [1.29, 1.82) is 0 Å². The number of hydrogen-bond donors (Lipinski definition) is 2. The summed E-state index contributed by atoms with van der Waals surface area (Å²) in [6, 6.07) is 27.9. The molecule has 5 heteroatoms. The lowest BCUT2D eigenvalue weighted by Crippen LogP contribution is -2.54. The first-order valence-corrected chi connectivity index (χ1v) is 12.5. The highest BCUT2D eigenvalue weighted by atomic mass is 16.2. The number of hydrogen-bond acceptors (Lipinski definition) is 3. The van der Waals surface area contributed by atoms with Crippen LogP contribution < -0.4 is 10.6 Å². The lowest BCUT2D eigenvalue weighted by Gasteiger charge is -2.28. The van der Waals surface area contributed by atoms with E-state index in [1.165, 1.54) is 0 Å². The third kappa shape index (κ3) is 9.06. The van der Waals surface area contributed by atoms with Crippen LogP contribution in [0.25, 0.3) is 6.08 Å². The van der Waals surface area contributed by atoms with Gasteiger partial charge in [0.1, 0.15) is 12.1 Å². The fraction of sp³-hybridized carbons (Fsp3) is 0.188. The van der Waals surface area contributed by atoms with E-state index in [4.69, 9.17) is 0 Å². The normalized spacial score (nSPS) is 12.6. The molecule has 0 aliphatic heterocycles. The molecule has 190 valence electrons. The van der Waals surface area contributed by atoms with Crippen molar-refractivity contribution < 1.29 is 9.59 Å².